The fraction of sp³-hybridized carbons (Fsp3) is 0.333. The second kappa shape index (κ2) is 5.07. The van der Waals surface area contributed by atoms with Gasteiger partial charge in [0.2, 0.25) is 8.32 Å². The Morgan fingerprint density at radius 3 is 2.31 bits per heavy atom. The maximum atomic E-state index is 11.5. The number of pyridine rings is 1. The van der Waals surface area contributed by atoms with E-state index in [1.54, 1.807) is 37.7 Å². The van der Waals surface area contributed by atoms with E-state index in [0.717, 1.165) is 5.56 Å². The van der Waals surface area contributed by atoms with E-state index >= 15 is 0 Å². The molecule has 0 aliphatic heterocycles. The summed E-state index contributed by atoms with van der Waals surface area (Å²) in [7, 11) is -1.64. The zero-order valence-corrected chi connectivity index (χ0v) is 11.2. The SMILES string of the molecule is CC(=O)C(=CO[Si](C)(C)C)c1ccncc1. The first kappa shape index (κ1) is 12.6. The molecule has 0 unspecified atom stereocenters. The monoisotopic (exact) mass is 235 g/mol. The average molecular weight is 235 g/mol. The highest BCUT2D eigenvalue weighted by atomic mass is 28.4. The number of hydrogen-bond donors (Lipinski definition) is 0. The summed E-state index contributed by atoms with van der Waals surface area (Å²) >= 11 is 0. The standard InChI is InChI=1S/C12H17NO2Si/c1-10(14)12(9-15-16(2,3)4)11-5-7-13-8-6-11/h5-9H,1-4H3. The predicted octanol–water partition coefficient (Wildman–Crippen LogP) is 2.86. The van der Waals surface area contributed by atoms with Crippen molar-refractivity contribution in [1.82, 2.24) is 4.98 Å². The van der Waals surface area contributed by atoms with E-state index in [0.29, 0.717) is 5.57 Å². The molecule has 86 valence electrons. The van der Waals surface area contributed by atoms with Gasteiger partial charge in [-0.2, -0.15) is 0 Å². The van der Waals surface area contributed by atoms with Crippen LogP contribution in [-0.2, 0) is 9.22 Å². The summed E-state index contributed by atoms with van der Waals surface area (Å²) in [5, 5.41) is 0. The molecular formula is C12H17NO2Si. The van der Waals surface area contributed by atoms with Crippen molar-refractivity contribution in [3.05, 3.63) is 36.4 Å². The average Bonchev–Trinajstić information content (AvgIpc) is 2.17. The summed E-state index contributed by atoms with van der Waals surface area (Å²) < 4.78 is 5.64. The molecule has 0 aromatic carbocycles. The van der Waals surface area contributed by atoms with Crippen LogP contribution in [0.1, 0.15) is 12.5 Å². The highest BCUT2D eigenvalue weighted by Crippen LogP contribution is 2.16. The zero-order chi connectivity index (χ0) is 12.2. The third kappa shape index (κ3) is 3.98. The Labute approximate surface area is 97.3 Å². The quantitative estimate of drug-likeness (QED) is 0.457. The van der Waals surface area contributed by atoms with Gasteiger partial charge in [0.1, 0.15) is 0 Å². The normalized spacial score (nSPS) is 12.4. The number of aromatic nitrogens is 1. The van der Waals surface area contributed by atoms with Crippen LogP contribution in [0.4, 0.5) is 0 Å². The van der Waals surface area contributed by atoms with Crippen molar-refractivity contribution in [2.24, 2.45) is 0 Å². The van der Waals surface area contributed by atoms with E-state index in [2.05, 4.69) is 24.6 Å². The number of carbonyl (C=O) groups is 1. The van der Waals surface area contributed by atoms with Gasteiger partial charge in [-0.25, -0.2) is 0 Å². The van der Waals surface area contributed by atoms with Crippen LogP contribution in [-0.4, -0.2) is 19.1 Å². The van der Waals surface area contributed by atoms with Crippen molar-refractivity contribution in [2.45, 2.75) is 26.6 Å². The van der Waals surface area contributed by atoms with Gasteiger partial charge in [0.05, 0.1) is 11.8 Å². The molecule has 0 amide bonds. The number of carbonyl (C=O) groups excluding carboxylic acids is 1. The molecule has 0 radical (unpaired) electrons. The largest absolute Gasteiger partial charge is 0.549 e. The van der Waals surface area contributed by atoms with Crippen LogP contribution in [0.5, 0.6) is 0 Å². The lowest BCUT2D eigenvalue weighted by molar-refractivity contribution is -0.111. The summed E-state index contributed by atoms with van der Waals surface area (Å²) in [6.45, 7) is 7.77. The summed E-state index contributed by atoms with van der Waals surface area (Å²) in [6, 6.07) is 3.61. The van der Waals surface area contributed by atoms with Crippen LogP contribution in [0.2, 0.25) is 19.6 Å². The molecule has 3 nitrogen and oxygen atoms in total. The van der Waals surface area contributed by atoms with Crippen LogP contribution in [0.25, 0.3) is 5.57 Å². The van der Waals surface area contributed by atoms with Crippen LogP contribution in [0.15, 0.2) is 30.8 Å². The fourth-order valence-electron chi connectivity index (χ4n) is 1.12. The van der Waals surface area contributed by atoms with Crippen molar-refractivity contribution in [1.29, 1.82) is 0 Å². The van der Waals surface area contributed by atoms with Gasteiger partial charge in [-0.05, 0) is 44.3 Å². The maximum absolute atomic E-state index is 11.5. The molecule has 16 heavy (non-hydrogen) atoms. The molecule has 0 atom stereocenters. The molecular weight excluding hydrogens is 218 g/mol. The molecule has 0 aliphatic carbocycles. The van der Waals surface area contributed by atoms with Crippen LogP contribution in [0, 0.1) is 0 Å². The van der Waals surface area contributed by atoms with Crippen molar-refractivity contribution >= 4 is 19.7 Å². The lowest BCUT2D eigenvalue weighted by Gasteiger charge is -2.16. The first-order valence-corrected chi connectivity index (χ1v) is 8.60. The Bertz CT molecular complexity index is 393. The molecule has 0 aliphatic rings. The molecule has 1 aromatic rings. The lowest BCUT2D eigenvalue weighted by Crippen LogP contribution is -2.22. The Morgan fingerprint density at radius 2 is 1.88 bits per heavy atom. The number of Topliss-reactive ketones (excluding diaryl/α,β-unsaturated/α-hetero) is 1. The second-order valence-corrected chi connectivity index (χ2v) is 9.01. The topological polar surface area (TPSA) is 39.2 Å². The van der Waals surface area contributed by atoms with Crippen molar-refractivity contribution in [3.8, 4) is 0 Å². The van der Waals surface area contributed by atoms with Gasteiger partial charge in [-0.1, -0.05) is 0 Å². The molecule has 1 heterocycles. The maximum Gasteiger partial charge on any atom is 0.241 e. The van der Waals surface area contributed by atoms with E-state index in [4.69, 9.17) is 4.43 Å². The number of nitrogens with zero attached hydrogens (tertiary/aromatic N) is 1. The first-order valence-electron chi connectivity index (χ1n) is 5.19. The number of rotatable bonds is 4. The summed E-state index contributed by atoms with van der Waals surface area (Å²) in [5.41, 5.74) is 1.45. The second-order valence-electron chi connectivity index (χ2n) is 4.55. The van der Waals surface area contributed by atoms with E-state index in [1.165, 1.54) is 0 Å². The predicted molar refractivity (Wildman–Crippen MR) is 67.3 cm³/mol. The third-order valence-electron chi connectivity index (χ3n) is 1.90. The summed E-state index contributed by atoms with van der Waals surface area (Å²) in [6.07, 6.45) is 4.92. The number of hydrogen-bond acceptors (Lipinski definition) is 3. The van der Waals surface area contributed by atoms with Gasteiger partial charge < -0.3 is 4.43 Å². The number of allylic oxidation sites excluding steroid dienone is 1. The van der Waals surface area contributed by atoms with Crippen LogP contribution >= 0.6 is 0 Å². The smallest absolute Gasteiger partial charge is 0.241 e. The summed E-state index contributed by atoms with van der Waals surface area (Å²) in [4.78, 5) is 15.4. The van der Waals surface area contributed by atoms with Gasteiger partial charge in [-0.15, -0.1) is 0 Å². The van der Waals surface area contributed by atoms with Gasteiger partial charge in [-0.3, -0.25) is 9.78 Å². The molecule has 0 fully saturated rings. The van der Waals surface area contributed by atoms with Crippen molar-refractivity contribution in [2.75, 3.05) is 0 Å². The molecule has 0 bridgehead atoms. The minimum atomic E-state index is -1.64. The lowest BCUT2D eigenvalue weighted by atomic mass is 10.1. The Hall–Kier alpha value is -1.42. The van der Waals surface area contributed by atoms with Gasteiger partial charge in [0, 0.05) is 12.4 Å². The molecule has 0 saturated heterocycles. The Balaban J connectivity index is 2.97. The van der Waals surface area contributed by atoms with Crippen molar-refractivity contribution in [3.63, 3.8) is 0 Å². The minimum Gasteiger partial charge on any atom is -0.549 e. The molecule has 4 heteroatoms. The molecule has 0 spiro atoms. The first-order chi connectivity index (χ1) is 7.40. The Kier molecular flexibility index (Phi) is 4.01. The van der Waals surface area contributed by atoms with E-state index in [9.17, 15) is 4.79 Å². The molecule has 0 saturated carbocycles. The third-order valence-corrected chi connectivity index (χ3v) is 2.73. The zero-order valence-electron chi connectivity index (χ0n) is 10.2. The van der Waals surface area contributed by atoms with E-state index < -0.39 is 8.32 Å². The molecule has 0 N–H and O–H groups in total. The van der Waals surface area contributed by atoms with E-state index in [-0.39, 0.29) is 5.78 Å². The van der Waals surface area contributed by atoms with Crippen molar-refractivity contribution < 1.29 is 9.22 Å². The highest BCUT2D eigenvalue weighted by molar-refractivity contribution is 6.70. The highest BCUT2D eigenvalue weighted by Gasteiger charge is 2.15. The van der Waals surface area contributed by atoms with E-state index in [1.807, 2.05) is 0 Å². The fourth-order valence-corrected chi connectivity index (χ4v) is 1.59. The number of ketones is 1. The molecule has 1 aromatic heterocycles. The Morgan fingerprint density at radius 1 is 1.31 bits per heavy atom. The van der Waals surface area contributed by atoms with Gasteiger partial charge in [0.15, 0.2) is 5.78 Å². The van der Waals surface area contributed by atoms with Crippen LogP contribution in [0.3, 0.4) is 0 Å². The van der Waals surface area contributed by atoms with Crippen LogP contribution < -0.4 is 0 Å². The summed E-state index contributed by atoms with van der Waals surface area (Å²) in [5.74, 6) is 0.00412. The minimum absolute atomic E-state index is 0.00412. The van der Waals surface area contributed by atoms with Gasteiger partial charge in [0.25, 0.3) is 0 Å². The van der Waals surface area contributed by atoms with Gasteiger partial charge >= 0.3 is 0 Å². The molecule has 1 rings (SSSR count).